The van der Waals surface area contributed by atoms with E-state index in [0.29, 0.717) is 35.3 Å². The zero-order valence-corrected chi connectivity index (χ0v) is 20.1. The van der Waals surface area contributed by atoms with Crippen LogP contribution in [0.5, 0.6) is 0 Å². The quantitative estimate of drug-likeness (QED) is 0.112. The second-order valence-electron chi connectivity index (χ2n) is 7.82. The normalized spacial score (nSPS) is 11.5. The molecule has 8 heteroatoms. The SMILES string of the molecule is COCCCn1c(SCc2cc(=O)oc3ccc4ccccc4c23)nnc1-c1ccccc1Cl. The van der Waals surface area contributed by atoms with E-state index >= 15 is 0 Å². The molecular weight excluding hydrogens is 470 g/mol. The first kappa shape index (κ1) is 22.7. The first-order valence-corrected chi connectivity index (χ1v) is 12.3. The Morgan fingerprint density at radius 3 is 2.74 bits per heavy atom. The van der Waals surface area contributed by atoms with Gasteiger partial charge < -0.3 is 13.7 Å². The van der Waals surface area contributed by atoms with Gasteiger partial charge in [-0.05, 0) is 41.0 Å². The average Bonchev–Trinajstić information content (AvgIpc) is 3.25. The van der Waals surface area contributed by atoms with Crippen LogP contribution < -0.4 is 5.63 Å². The summed E-state index contributed by atoms with van der Waals surface area (Å²) in [7, 11) is 1.69. The van der Waals surface area contributed by atoms with E-state index in [0.717, 1.165) is 38.9 Å². The molecule has 0 fully saturated rings. The standard InChI is InChI=1S/C26H22ClN3O3S/c1-32-14-6-13-30-25(20-9-4-5-10-21(20)27)28-29-26(30)34-16-18-15-23(31)33-22-12-11-17-7-2-3-8-19(17)24(18)22/h2-5,7-12,15H,6,13-14,16H2,1H3. The Morgan fingerprint density at radius 2 is 1.88 bits per heavy atom. The number of nitrogens with zero attached hydrogens (tertiary/aromatic N) is 3. The molecule has 0 radical (unpaired) electrons. The van der Waals surface area contributed by atoms with E-state index in [9.17, 15) is 4.79 Å². The lowest BCUT2D eigenvalue weighted by Gasteiger charge is -2.12. The summed E-state index contributed by atoms with van der Waals surface area (Å²) in [5, 5.41) is 13.4. The molecule has 0 unspecified atom stereocenters. The van der Waals surface area contributed by atoms with Crippen molar-refractivity contribution in [3.63, 3.8) is 0 Å². The Labute approximate surface area is 205 Å². The zero-order chi connectivity index (χ0) is 23.5. The third-order valence-corrected chi connectivity index (χ3v) is 6.98. The first-order valence-electron chi connectivity index (χ1n) is 10.9. The van der Waals surface area contributed by atoms with Gasteiger partial charge in [-0.15, -0.1) is 10.2 Å². The Hall–Kier alpha value is -3.13. The van der Waals surface area contributed by atoms with Crippen molar-refractivity contribution in [3.05, 3.63) is 87.7 Å². The van der Waals surface area contributed by atoms with Crippen LogP contribution in [-0.4, -0.2) is 28.5 Å². The van der Waals surface area contributed by atoms with E-state index in [1.807, 2.05) is 48.5 Å². The topological polar surface area (TPSA) is 70.2 Å². The minimum atomic E-state index is -0.364. The molecule has 172 valence electrons. The number of hydrogen-bond donors (Lipinski definition) is 0. The van der Waals surface area contributed by atoms with Gasteiger partial charge in [0.05, 0.1) is 5.02 Å². The molecular formula is C26H22ClN3O3S. The zero-order valence-electron chi connectivity index (χ0n) is 18.5. The van der Waals surface area contributed by atoms with Gasteiger partial charge in [-0.2, -0.15) is 0 Å². The Kier molecular flexibility index (Phi) is 6.67. The molecule has 2 aromatic heterocycles. The van der Waals surface area contributed by atoms with Crippen molar-refractivity contribution >= 4 is 45.1 Å². The summed E-state index contributed by atoms with van der Waals surface area (Å²) in [5.74, 6) is 1.26. The molecule has 0 aliphatic carbocycles. The van der Waals surface area contributed by atoms with Gasteiger partial charge in [0.15, 0.2) is 11.0 Å². The molecule has 0 N–H and O–H groups in total. The van der Waals surface area contributed by atoms with Crippen molar-refractivity contribution in [2.24, 2.45) is 0 Å². The molecule has 5 rings (SSSR count). The largest absolute Gasteiger partial charge is 0.423 e. The minimum absolute atomic E-state index is 0.364. The second kappa shape index (κ2) is 10.0. The third kappa shape index (κ3) is 4.46. The summed E-state index contributed by atoms with van der Waals surface area (Å²) in [6.45, 7) is 1.31. The summed E-state index contributed by atoms with van der Waals surface area (Å²) in [5.41, 5.74) is 1.95. The lowest BCUT2D eigenvalue weighted by atomic mass is 10.0. The monoisotopic (exact) mass is 491 g/mol. The van der Waals surface area contributed by atoms with E-state index < -0.39 is 0 Å². The third-order valence-electron chi connectivity index (χ3n) is 5.63. The van der Waals surface area contributed by atoms with Gasteiger partial charge in [-0.25, -0.2) is 4.79 Å². The second-order valence-corrected chi connectivity index (χ2v) is 9.17. The van der Waals surface area contributed by atoms with Crippen LogP contribution in [0, 0.1) is 0 Å². The number of aromatic nitrogens is 3. The number of rotatable bonds is 8. The van der Waals surface area contributed by atoms with Gasteiger partial charge in [0.25, 0.3) is 0 Å². The maximum atomic E-state index is 12.3. The van der Waals surface area contributed by atoms with E-state index in [2.05, 4.69) is 26.9 Å². The summed E-state index contributed by atoms with van der Waals surface area (Å²) in [6.07, 6.45) is 0.808. The summed E-state index contributed by atoms with van der Waals surface area (Å²) < 4.78 is 12.8. The number of halogens is 1. The van der Waals surface area contributed by atoms with Crippen LogP contribution in [0.3, 0.4) is 0 Å². The lowest BCUT2D eigenvalue weighted by molar-refractivity contribution is 0.189. The van der Waals surface area contributed by atoms with Crippen LogP contribution in [0.1, 0.15) is 12.0 Å². The number of fused-ring (bicyclic) bond motifs is 3. The highest BCUT2D eigenvalue weighted by Crippen LogP contribution is 2.33. The van der Waals surface area contributed by atoms with Crippen LogP contribution in [0.25, 0.3) is 33.1 Å². The maximum Gasteiger partial charge on any atom is 0.336 e. The minimum Gasteiger partial charge on any atom is -0.423 e. The van der Waals surface area contributed by atoms with Crippen LogP contribution in [0.4, 0.5) is 0 Å². The Bertz CT molecular complexity index is 1530. The fourth-order valence-corrected chi connectivity index (χ4v) is 5.25. The van der Waals surface area contributed by atoms with E-state index in [1.165, 1.54) is 11.8 Å². The van der Waals surface area contributed by atoms with Crippen molar-refractivity contribution in [1.29, 1.82) is 0 Å². The molecule has 0 saturated carbocycles. The molecule has 3 aromatic carbocycles. The van der Waals surface area contributed by atoms with Crippen LogP contribution >= 0.6 is 23.4 Å². The van der Waals surface area contributed by atoms with Gasteiger partial charge in [0.1, 0.15) is 5.58 Å². The summed E-state index contributed by atoms with van der Waals surface area (Å²) >= 11 is 7.99. The fraction of sp³-hybridized carbons (Fsp3) is 0.192. The van der Waals surface area contributed by atoms with Gasteiger partial charge in [-0.3, -0.25) is 0 Å². The smallest absolute Gasteiger partial charge is 0.336 e. The van der Waals surface area contributed by atoms with Crippen molar-refractivity contribution < 1.29 is 9.15 Å². The van der Waals surface area contributed by atoms with E-state index in [4.69, 9.17) is 20.8 Å². The summed E-state index contributed by atoms with van der Waals surface area (Å²) in [6, 6.07) is 21.1. The van der Waals surface area contributed by atoms with Crippen LogP contribution in [-0.2, 0) is 17.0 Å². The molecule has 0 aliphatic heterocycles. The molecule has 0 bridgehead atoms. The molecule has 0 saturated heterocycles. The Balaban J connectivity index is 1.54. The highest BCUT2D eigenvalue weighted by Gasteiger charge is 2.18. The predicted octanol–water partition coefficient (Wildman–Crippen LogP) is 6.19. The van der Waals surface area contributed by atoms with Gasteiger partial charge in [-0.1, -0.05) is 65.8 Å². The number of benzene rings is 3. The average molecular weight is 492 g/mol. The van der Waals surface area contributed by atoms with Crippen molar-refractivity contribution in [3.8, 4) is 11.4 Å². The first-order chi connectivity index (χ1) is 16.7. The van der Waals surface area contributed by atoms with Gasteiger partial charge >= 0.3 is 5.63 Å². The van der Waals surface area contributed by atoms with Crippen LogP contribution in [0.15, 0.2) is 81.1 Å². The van der Waals surface area contributed by atoms with Gasteiger partial charge in [0.2, 0.25) is 0 Å². The molecule has 0 amide bonds. The highest BCUT2D eigenvalue weighted by atomic mass is 35.5. The lowest BCUT2D eigenvalue weighted by Crippen LogP contribution is -2.06. The molecule has 0 spiro atoms. The molecule has 6 nitrogen and oxygen atoms in total. The van der Waals surface area contributed by atoms with E-state index in [1.54, 1.807) is 13.2 Å². The molecule has 34 heavy (non-hydrogen) atoms. The van der Waals surface area contributed by atoms with Crippen molar-refractivity contribution in [2.45, 2.75) is 23.9 Å². The number of methoxy groups -OCH3 is 1. The molecule has 0 atom stereocenters. The van der Waals surface area contributed by atoms with Crippen molar-refractivity contribution in [2.75, 3.05) is 13.7 Å². The van der Waals surface area contributed by atoms with Gasteiger partial charge in [0, 0.05) is 43.0 Å². The molecule has 2 heterocycles. The number of ether oxygens (including phenoxy) is 1. The maximum absolute atomic E-state index is 12.3. The molecule has 0 aliphatic rings. The van der Waals surface area contributed by atoms with Crippen LogP contribution in [0.2, 0.25) is 5.02 Å². The van der Waals surface area contributed by atoms with E-state index in [-0.39, 0.29) is 5.63 Å². The molecule has 5 aromatic rings. The predicted molar refractivity (Wildman–Crippen MR) is 137 cm³/mol. The summed E-state index contributed by atoms with van der Waals surface area (Å²) in [4.78, 5) is 12.3. The Morgan fingerprint density at radius 1 is 1.06 bits per heavy atom. The highest BCUT2D eigenvalue weighted by molar-refractivity contribution is 7.98. The fourth-order valence-electron chi connectivity index (χ4n) is 4.08. The number of hydrogen-bond acceptors (Lipinski definition) is 6. The van der Waals surface area contributed by atoms with Crippen molar-refractivity contribution in [1.82, 2.24) is 14.8 Å². The number of thioether (sulfide) groups is 1.